The summed E-state index contributed by atoms with van der Waals surface area (Å²) in [6, 6.07) is 7.21. The molecule has 0 bridgehead atoms. The first kappa shape index (κ1) is 14.9. The van der Waals surface area contributed by atoms with Crippen molar-refractivity contribution in [1.82, 2.24) is 10.2 Å². The van der Waals surface area contributed by atoms with Gasteiger partial charge in [-0.25, -0.2) is 0 Å². The lowest BCUT2D eigenvalue weighted by Crippen LogP contribution is -2.14. The maximum absolute atomic E-state index is 11.9. The van der Waals surface area contributed by atoms with Gasteiger partial charge in [-0.2, -0.15) is 0 Å². The molecule has 0 atom stereocenters. The van der Waals surface area contributed by atoms with E-state index in [1.54, 1.807) is 12.1 Å². The Morgan fingerprint density at radius 2 is 1.90 bits per heavy atom. The van der Waals surface area contributed by atoms with Crippen LogP contribution in [0.3, 0.4) is 0 Å². The van der Waals surface area contributed by atoms with Crippen molar-refractivity contribution in [3.8, 4) is 0 Å². The molecule has 106 valence electrons. The van der Waals surface area contributed by atoms with Gasteiger partial charge in [0.05, 0.1) is 6.42 Å². The zero-order chi connectivity index (χ0) is 14.8. The van der Waals surface area contributed by atoms with Crippen LogP contribution in [0.5, 0.6) is 0 Å². The molecule has 1 heterocycles. The highest BCUT2D eigenvalue weighted by Gasteiger charge is 2.19. The smallest absolute Gasteiger partial charge is 0.230 e. The Morgan fingerprint density at radius 1 is 1.25 bits per heavy atom. The summed E-state index contributed by atoms with van der Waals surface area (Å²) in [6.45, 7) is 6.19. The summed E-state index contributed by atoms with van der Waals surface area (Å²) in [6.07, 6.45) is 0.293. The molecule has 20 heavy (non-hydrogen) atoms. The molecular weight excluding hydrogens is 294 g/mol. The van der Waals surface area contributed by atoms with E-state index in [1.807, 2.05) is 12.1 Å². The van der Waals surface area contributed by atoms with Crippen molar-refractivity contribution in [2.24, 2.45) is 0 Å². The SMILES string of the molecule is CC(C)(C)c1nnc(NC(=O)Cc2ccc(Cl)cc2)s1. The van der Waals surface area contributed by atoms with Gasteiger partial charge in [0.2, 0.25) is 11.0 Å². The molecule has 0 saturated carbocycles. The topological polar surface area (TPSA) is 54.9 Å². The Bertz CT molecular complexity index is 602. The van der Waals surface area contributed by atoms with Crippen molar-refractivity contribution in [2.45, 2.75) is 32.6 Å². The maximum atomic E-state index is 11.9. The molecule has 0 radical (unpaired) electrons. The number of carbonyl (C=O) groups is 1. The molecule has 0 saturated heterocycles. The number of aromatic nitrogens is 2. The van der Waals surface area contributed by atoms with Crippen molar-refractivity contribution in [2.75, 3.05) is 5.32 Å². The normalized spacial score (nSPS) is 11.4. The predicted octanol–water partition coefficient (Wildman–Crippen LogP) is 3.67. The number of amides is 1. The lowest BCUT2D eigenvalue weighted by molar-refractivity contribution is -0.115. The lowest BCUT2D eigenvalue weighted by Gasteiger charge is -2.12. The fraction of sp³-hybridized carbons (Fsp3) is 0.357. The third-order valence-corrected chi connectivity index (χ3v) is 4.11. The first-order valence-electron chi connectivity index (χ1n) is 6.23. The molecule has 4 nitrogen and oxygen atoms in total. The summed E-state index contributed by atoms with van der Waals surface area (Å²) in [4.78, 5) is 11.9. The van der Waals surface area contributed by atoms with Crippen LogP contribution in [0, 0.1) is 0 Å². The summed E-state index contributed by atoms with van der Waals surface area (Å²) < 4.78 is 0. The summed E-state index contributed by atoms with van der Waals surface area (Å²) in [5.74, 6) is -0.107. The van der Waals surface area contributed by atoms with Gasteiger partial charge >= 0.3 is 0 Å². The van der Waals surface area contributed by atoms with Gasteiger partial charge in [-0.05, 0) is 17.7 Å². The Kier molecular flexibility index (Phi) is 4.40. The number of hydrogen-bond donors (Lipinski definition) is 1. The van der Waals surface area contributed by atoms with Crippen LogP contribution in [0.2, 0.25) is 5.02 Å². The number of carbonyl (C=O) groups excluding carboxylic acids is 1. The van der Waals surface area contributed by atoms with Crippen LogP contribution in [-0.2, 0) is 16.6 Å². The first-order chi connectivity index (χ1) is 9.34. The molecule has 1 N–H and O–H groups in total. The van der Waals surface area contributed by atoms with E-state index in [0.717, 1.165) is 10.6 Å². The van der Waals surface area contributed by atoms with Gasteiger partial charge in [0.1, 0.15) is 5.01 Å². The van der Waals surface area contributed by atoms with Gasteiger partial charge in [0.25, 0.3) is 0 Å². The second kappa shape index (κ2) is 5.89. The molecule has 0 unspecified atom stereocenters. The largest absolute Gasteiger partial charge is 0.300 e. The van der Waals surface area contributed by atoms with E-state index in [4.69, 9.17) is 11.6 Å². The van der Waals surface area contributed by atoms with Gasteiger partial charge in [-0.3, -0.25) is 4.79 Å². The molecule has 1 aromatic carbocycles. The van der Waals surface area contributed by atoms with Crippen molar-refractivity contribution >= 4 is 34.0 Å². The van der Waals surface area contributed by atoms with Crippen LogP contribution in [-0.4, -0.2) is 16.1 Å². The Hall–Kier alpha value is -1.46. The number of rotatable bonds is 3. The van der Waals surface area contributed by atoms with Gasteiger partial charge in [-0.15, -0.1) is 10.2 Å². The van der Waals surface area contributed by atoms with Gasteiger partial charge in [-0.1, -0.05) is 55.8 Å². The number of hydrogen-bond acceptors (Lipinski definition) is 4. The van der Waals surface area contributed by atoms with Gasteiger partial charge < -0.3 is 5.32 Å². The monoisotopic (exact) mass is 309 g/mol. The Labute approximate surface area is 127 Å². The van der Waals surface area contributed by atoms with Crippen molar-refractivity contribution in [1.29, 1.82) is 0 Å². The quantitative estimate of drug-likeness (QED) is 0.941. The summed E-state index contributed by atoms with van der Waals surface area (Å²) >= 11 is 7.21. The molecule has 0 spiro atoms. The average Bonchev–Trinajstić information content (AvgIpc) is 2.80. The molecule has 0 fully saturated rings. The maximum Gasteiger partial charge on any atom is 0.230 e. The number of nitrogens with one attached hydrogen (secondary N) is 1. The van der Waals surface area contributed by atoms with E-state index >= 15 is 0 Å². The van der Waals surface area contributed by atoms with Gasteiger partial charge in [0, 0.05) is 10.4 Å². The van der Waals surface area contributed by atoms with Crippen LogP contribution in [0.15, 0.2) is 24.3 Å². The van der Waals surface area contributed by atoms with Crippen molar-refractivity contribution in [3.05, 3.63) is 39.9 Å². The first-order valence-corrected chi connectivity index (χ1v) is 7.42. The van der Waals surface area contributed by atoms with E-state index in [-0.39, 0.29) is 11.3 Å². The second-order valence-corrected chi connectivity index (χ2v) is 6.93. The van der Waals surface area contributed by atoms with E-state index < -0.39 is 0 Å². The van der Waals surface area contributed by atoms with E-state index in [0.29, 0.717) is 16.6 Å². The predicted molar refractivity (Wildman–Crippen MR) is 82.4 cm³/mol. The number of halogens is 1. The molecule has 1 amide bonds. The molecule has 1 aromatic heterocycles. The third kappa shape index (κ3) is 4.02. The molecule has 0 aliphatic rings. The van der Waals surface area contributed by atoms with E-state index in [2.05, 4.69) is 36.3 Å². The highest BCUT2D eigenvalue weighted by atomic mass is 35.5. The van der Waals surface area contributed by atoms with E-state index in [1.165, 1.54) is 11.3 Å². The minimum atomic E-state index is -0.107. The highest BCUT2D eigenvalue weighted by Crippen LogP contribution is 2.27. The van der Waals surface area contributed by atoms with Crippen LogP contribution in [0.25, 0.3) is 0 Å². The lowest BCUT2D eigenvalue weighted by atomic mass is 9.98. The standard InChI is InChI=1S/C14H16ClN3OS/c1-14(2,3)12-17-18-13(20-12)16-11(19)8-9-4-6-10(15)7-5-9/h4-7H,8H2,1-3H3,(H,16,18,19). The third-order valence-electron chi connectivity index (χ3n) is 2.59. The second-order valence-electron chi connectivity index (χ2n) is 5.51. The molecule has 0 aliphatic carbocycles. The molecule has 2 aromatic rings. The molecule has 6 heteroatoms. The number of anilines is 1. The Morgan fingerprint density at radius 3 is 2.45 bits per heavy atom. The van der Waals surface area contributed by atoms with Gasteiger partial charge in [0.15, 0.2) is 0 Å². The van der Waals surface area contributed by atoms with Crippen molar-refractivity contribution in [3.63, 3.8) is 0 Å². The number of benzene rings is 1. The van der Waals surface area contributed by atoms with Crippen LogP contribution < -0.4 is 5.32 Å². The average molecular weight is 310 g/mol. The summed E-state index contributed by atoms with van der Waals surface area (Å²) in [5.41, 5.74) is 0.851. The molecule has 2 rings (SSSR count). The molecule has 0 aliphatic heterocycles. The van der Waals surface area contributed by atoms with E-state index in [9.17, 15) is 4.79 Å². The summed E-state index contributed by atoms with van der Waals surface area (Å²) in [5, 5.41) is 13.0. The van der Waals surface area contributed by atoms with Crippen LogP contribution in [0.4, 0.5) is 5.13 Å². The summed E-state index contributed by atoms with van der Waals surface area (Å²) in [7, 11) is 0. The van der Waals surface area contributed by atoms with Crippen molar-refractivity contribution < 1.29 is 4.79 Å². The number of nitrogens with zero attached hydrogens (tertiary/aromatic N) is 2. The fourth-order valence-corrected chi connectivity index (χ4v) is 2.47. The minimum absolute atomic E-state index is 0.0587. The molecular formula is C14H16ClN3OS. The highest BCUT2D eigenvalue weighted by molar-refractivity contribution is 7.15. The zero-order valence-corrected chi connectivity index (χ0v) is 13.2. The Balaban J connectivity index is 1.98. The zero-order valence-electron chi connectivity index (χ0n) is 11.6. The van der Waals surface area contributed by atoms with Crippen LogP contribution >= 0.6 is 22.9 Å². The minimum Gasteiger partial charge on any atom is -0.300 e. The fourth-order valence-electron chi connectivity index (χ4n) is 1.53. The van der Waals surface area contributed by atoms with Crippen LogP contribution in [0.1, 0.15) is 31.3 Å².